The van der Waals surface area contributed by atoms with Crippen LogP contribution >= 0.6 is 0 Å². The maximum Gasteiger partial charge on any atom is 0.244 e. The van der Waals surface area contributed by atoms with Crippen LogP contribution in [0, 0.1) is 0 Å². The third kappa shape index (κ3) is 3.65. The average molecular weight is 209 g/mol. The van der Waals surface area contributed by atoms with E-state index in [9.17, 15) is 4.79 Å². The fraction of sp³-hybridized carbons (Fsp3) is 0.545. The molecule has 1 amide bonds. The predicted molar refractivity (Wildman–Crippen MR) is 61.2 cm³/mol. The van der Waals surface area contributed by atoms with Gasteiger partial charge in [0.2, 0.25) is 5.91 Å². The van der Waals surface area contributed by atoms with Crippen molar-refractivity contribution >= 4 is 5.91 Å². The fourth-order valence-electron chi connectivity index (χ4n) is 1.17. The third-order valence-electron chi connectivity index (χ3n) is 2.34. The van der Waals surface area contributed by atoms with E-state index in [1.807, 2.05) is 38.4 Å². The molecule has 0 bridgehead atoms. The van der Waals surface area contributed by atoms with Crippen LogP contribution in [-0.2, 0) is 4.79 Å². The van der Waals surface area contributed by atoms with Gasteiger partial charge in [0.15, 0.2) is 0 Å². The van der Waals surface area contributed by atoms with E-state index in [0.29, 0.717) is 0 Å². The molecule has 0 saturated carbocycles. The highest BCUT2D eigenvalue weighted by Crippen LogP contribution is 1.93. The van der Waals surface area contributed by atoms with Crippen LogP contribution in [0.3, 0.4) is 0 Å². The average Bonchev–Trinajstić information content (AvgIpc) is 2.70. The molecule has 0 aliphatic rings. The van der Waals surface area contributed by atoms with Crippen LogP contribution in [-0.4, -0.2) is 22.7 Å². The molecule has 0 spiro atoms. The molecular formula is C11H19N3O. The summed E-state index contributed by atoms with van der Waals surface area (Å²) >= 11 is 0. The molecule has 2 N–H and O–H groups in total. The quantitative estimate of drug-likeness (QED) is 0.768. The lowest BCUT2D eigenvalue weighted by atomic mass is 10.2. The molecule has 4 heteroatoms. The molecule has 1 rings (SSSR count). The van der Waals surface area contributed by atoms with Crippen molar-refractivity contribution < 1.29 is 4.79 Å². The standard InChI is InChI=1S/C11H19N3O/c1-4-9(2)12-11(15)10(3)13-14-7-5-6-8-14/h5-10,13H,4H2,1-3H3,(H,12,15). The Morgan fingerprint density at radius 2 is 1.93 bits per heavy atom. The number of rotatable bonds is 5. The van der Waals surface area contributed by atoms with Crippen molar-refractivity contribution in [2.45, 2.75) is 39.3 Å². The summed E-state index contributed by atoms with van der Waals surface area (Å²) in [6.07, 6.45) is 4.68. The van der Waals surface area contributed by atoms with Gasteiger partial charge in [-0.25, -0.2) is 0 Å². The minimum absolute atomic E-state index is 0.0260. The second-order valence-corrected chi connectivity index (χ2v) is 3.76. The molecule has 15 heavy (non-hydrogen) atoms. The van der Waals surface area contributed by atoms with E-state index >= 15 is 0 Å². The fourth-order valence-corrected chi connectivity index (χ4v) is 1.17. The summed E-state index contributed by atoms with van der Waals surface area (Å²) in [6, 6.07) is 3.82. The molecule has 1 aromatic heterocycles. The Labute approximate surface area is 90.6 Å². The van der Waals surface area contributed by atoms with Gasteiger partial charge in [0, 0.05) is 18.4 Å². The van der Waals surface area contributed by atoms with Crippen LogP contribution in [0.15, 0.2) is 24.5 Å². The van der Waals surface area contributed by atoms with E-state index in [1.54, 1.807) is 4.68 Å². The van der Waals surface area contributed by atoms with Gasteiger partial charge in [0.1, 0.15) is 6.04 Å². The lowest BCUT2D eigenvalue weighted by Crippen LogP contribution is -2.43. The van der Waals surface area contributed by atoms with Crippen molar-refractivity contribution in [3.05, 3.63) is 24.5 Å². The van der Waals surface area contributed by atoms with Gasteiger partial charge in [-0.2, -0.15) is 0 Å². The monoisotopic (exact) mass is 209 g/mol. The largest absolute Gasteiger partial charge is 0.352 e. The first-order valence-corrected chi connectivity index (χ1v) is 5.33. The van der Waals surface area contributed by atoms with E-state index in [-0.39, 0.29) is 18.0 Å². The third-order valence-corrected chi connectivity index (χ3v) is 2.34. The molecular weight excluding hydrogens is 190 g/mol. The van der Waals surface area contributed by atoms with Crippen LogP contribution in [0.25, 0.3) is 0 Å². The highest BCUT2D eigenvalue weighted by molar-refractivity contribution is 5.82. The number of hydrogen-bond donors (Lipinski definition) is 2. The number of aromatic nitrogens is 1. The van der Waals surface area contributed by atoms with Gasteiger partial charge in [0.25, 0.3) is 0 Å². The minimum atomic E-state index is -0.230. The number of carbonyl (C=O) groups is 1. The van der Waals surface area contributed by atoms with E-state index < -0.39 is 0 Å². The summed E-state index contributed by atoms with van der Waals surface area (Å²) in [7, 11) is 0. The Bertz CT molecular complexity index is 295. The maximum atomic E-state index is 11.7. The molecule has 84 valence electrons. The Kier molecular flexibility index (Phi) is 4.21. The lowest BCUT2D eigenvalue weighted by Gasteiger charge is -2.18. The van der Waals surface area contributed by atoms with Gasteiger partial charge in [-0.05, 0) is 32.4 Å². The SMILES string of the molecule is CCC(C)NC(=O)C(C)Nn1cccc1. The molecule has 0 aliphatic heterocycles. The number of hydrogen-bond acceptors (Lipinski definition) is 2. The summed E-state index contributed by atoms with van der Waals surface area (Å²) in [6.45, 7) is 5.90. The Morgan fingerprint density at radius 1 is 1.33 bits per heavy atom. The molecule has 2 unspecified atom stereocenters. The maximum absolute atomic E-state index is 11.7. The summed E-state index contributed by atoms with van der Waals surface area (Å²) < 4.78 is 1.78. The van der Waals surface area contributed by atoms with Gasteiger partial charge in [0.05, 0.1) is 0 Å². The van der Waals surface area contributed by atoms with Gasteiger partial charge in [-0.3, -0.25) is 9.47 Å². The van der Waals surface area contributed by atoms with Crippen molar-refractivity contribution in [2.75, 3.05) is 5.43 Å². The van der Waals surface area contributed by atoms with Crippen molar-refractivity contribution in [1.29, 1.82) is 0 Å². The van der Waals surface area contributed by atoms with Gasteiger partial charge < -0.3 is 10.7 Å². The normalized spacial score (nSPS) is 14.3. The van der Waals surface area contributed by atoms with Crippen LogP contribution < -0.4 is 10.7 Å². The molecule has 0 aliphatic carbocycles. The predicted octanol–water partition coefficient (Wildman–Crippen LogP) is 1.33. The van der Waals surface area contributed by atoms with E-state index in [0.717, 1.165) is 6.42 Å². The van der Waals surface area contributed by atoms with Crippen LogP contribution in [0.5, 0.6) is 0 Å². The summed E-state index contributed by atoms with van der Waals surface area (Å²) in [5.41, 5.74) is 3.06. The Morgan fingerprint density at radius 3 is 2.47 bits per heavy atom. The second kappa shape index (κ2) is 5.44. The van der Waals surface area contributed by atoms with Gasteiger partial charge in [-0.1, -0.05) is 6.92 Å². The molecule has 2 atom stereocenters. The van der Waals surface area contributed by atoms with E-state index in [1.165, 1.54) is 0 Å². The first-order valence-electron chi connectivity index (χ1n) is 5.33. The second-order valence-electron chi connectivity index (χ2n) is 3.76. The zero-order chi connectivity index (χ0) is 11.3. The lowest BCUT2D eigenvalue weighted by molar-refractivity contribution is -0.122. The van der Waals surface area contributed by atoms with Crippen LogP contribution in [0.1, 0.15) is 27.2 Å². The first-order chi connectivity index (χ1) is 7.13. The molecule has 0 radical (unpaired) electrons. The minimum Gasteiger partial charge on any atom is -0.352 e. The number of nitrogens with zero attached hydrogens (tertiary/aromatic N) is 1. The summed E-state index contributed by atoms with van der Waals surface area (Å²) in [4.78, 5) is 11.7. The highest BCUT2D eigenvalue weighted by atomic mass is 16.2. The number of carbonyl (C=O) groups excluding carboxylic acids is 1. The highest BCUT2D eigenvalue weighted by Gasteiger charge is 2.13. The molecule has 4 nitrogen and oxygen atoms in total. The molecule has 0 fully saturated rings. The smallest absolute Gasteiger partial charge is 0.244 e. The van der Waals surface area contributed by atoms with Crippen molar-refractivity contribution in [3.8, 4) is 0 Å². The van der Waals surface area contributed by atoms with Crippen molar-refractivity contribution in [1.82, 2.24) is 9.99 Å². The number of nitrogens with one attached hydrogen (secondary N) is 2. The van der Waals surface area contributed by atoms with Crippen LogP contribution in [0.2, 0.25) is 0 Å². The van der Waals surface area contributed by atoms with Crippen LogP contribution in [0.4, 0.5) is 0 Å². The first kappa shape index (κ1) is 11.6. The Hall–Kier alpha value is -1.45. The molecule has 0 saturated heterocycles. The topological polar surface area (TPSA) is 46.1 Å². The zero-order valence-electron chi connectivity index (χ0n) is 9.53. The van der Waals surface area contributed by atoms with Crippen molar-refractivity contribution in [2.24, 2.45) is 0 Å². The van der Waals surface area contributed by atoms with Gasteiger partial charge in [-0.15, -0.1) is 0 Å². The molecule has 1 aromatic rings. The summed E-state index contributed by atoms with van der Waals surface area (Å²) in [5.74, 6) is 0.0260. The molecule has 0 aromatic carbocycles. The summed E-state index contributed by atoms with van der Waals surface area (Å²) in [5, 5.41) is 2.93. The van der Waals surface area contributed by atoms with Crippen molar-refractivity contribution in [3.63, 3.8) is 0 Å². The zero-order valence-corrected chi connectivity index (χ0v) is 9.53. The number of amides is 1. The molecule has 1 heterocycles. The van der Waals surface area contributed by atoms with Gasteiger partial charge >= 0.3 is 0 Å². The van der Waals surface area contributed by atoms with E-state index in [2.05, 4.69) is 17.7 Å². The van der Waals surface area contributed by atoms with E-state index in [4.69, 9.17) is 0 Å². The Balaban J connectivity index is 2.40.